The number of fused-ring (bicyclic) bond motifs is 1. The van der Waals surface area contributed by atoms with Crippen LogP contribution in [-0.4, -0.2) is 66.1 Å². The molecule has 1 amide bonds. The first kappa shape index (κ1) is 24.5. The van der Waals surface area contributed by atoms with Crippen molar-refractivity contribution < 1.29 is 19.4 Å². The maximum absolute atomic E-state index is 13.5. The lowest BCUT2D eigenvalue weighted by molar-refractivity contribution is -0.182. The molecule has 36 heavy (non-hydrogen) atoms. The lowest BCUT2D eigenvalue weighted by Gasteiger charge is -2.57. The highest BCUT2D eigenvalue weighted by molar-refractivity contribution is 8.05. The molecular weight excluding hydrogens is 500 g/mol. The average molecular weight is 525 g/mol. The number of thioether (sulfide) groups is 2. The summed E-state index contributed by atoms with van der Waals surface area (Å²) in [6, 6.07) is 17.9. The van der Waals surface area contributed by atoms with E-state index in [0.29, 0.717) is 34.2 Å². The van der Waals surface area contributed by atoms with Gasteiger partial charge in [0.2, 0.25) is 5.72 Å². The highest BCUT2D eigenvalue weighted by Crippen LogP contribution is 2.55. The number of carbonyl (C=O) groups is 2. The fraction of sp³-hybridized carbons (Fsp3) is 0.292. The summed E-state index contributed by atoms with van der Waals surface area (Å²) >= 11 is 2.86. The van der Waals surface area contributed by atoms with Crippen molar-refractivity contribution in [3.63, 3.8) is 0 Å². The topological polar surface area (TPSA) is 136 Å². The smallest absolute Gasteiger partial charge is 0.324 e. The van der Waals surface area contributed by atoms with E-state index in [4.69, 9.17) is 10.5 Å². The molecule has 10 nitrogen and oxygen atoms in total. The molecule has 0 radical (unpaired) electrons. The SMILES string of the molecule is CO[C@]1(N)C(=O)N2C(C(C(=O)O)(c3ccccc3)c3ccccc3)=C(SCc3nnnn3C)CSC21. The molecule has 2 aromatic carbocycles. The fourth-order valence-electron chi connectivity index (χ4n) is 4.68. The van der Waals surface area contributed by atoms with Crippen molar-refractivity contribution in [1.82, 2.24) is 25.1 Å². The van der Waals surface area contributed by atoms with E-state index in [1.165, 1.54) is 35.5 Å². The average Bonchev–Trinajstić information content (AvgIpc) is 3.32. The third-order valence-corrected chi connectivity index (χ3v) is 9.15. The van der Waals surface area contributed by atoms with Crippen LogP contribution in [0.1, 0.15) is 17.0 Å². The number of carboxylic acids is 1. The van der Waals surface area contributed by atoms with Gasteiger partial charge < -0.3 is 9.84 Å². The Labute approximate surface area is 215 Å². The molecule has 5 rings (SSSR count). The van der Waals surface area contributed by atoms with Crippen LogP contribution in [0.3, 0.4) is 0 Å². The number of hydrogen-bond acceptors (Lipinski definition) is 9. The minimum Gasteiger partial charge on any atom is -0.480 e. The molecule has 3 heterocycles. The first-order valence-electron chi connectivity index (χ1n) is 11.1. The van der Waals surface area contributed by atoms with Crippen LogP contribution in [0.15, 0.2) is 71.3 Å². The molecule has 0 bridgehead atoms. The van der Waals surface area contributed by atoms with Crippen molar-refractivity contribution in [3.8, 4) is 0 Å². The minimum atomic E-state index is -1.67. The Balaban J connectivity index is 1.77. The van der Waals surface area contributed by atoms with E-state index in [2.05, 4.69) is 15.5 Å². The molecule has 0 spiro atoms. The maximum Gasteiger partial charge on any atom is 0.324 e. The van der Waals surface area contributed by atoms with Crippen LogP contribution < -0.4 is 5.73 Å². The summed E-state index contributed by atoms with van der Waals surface area (Å²) in [4.78, 5) is 29.2. The van der Waals surface area contributed by atoms with Crippen LogP contribution in [0.4, 0.5) is 0 Å². The standard InChI is InChI=1S/C24H24N6O4S2/c1-29-18(26-27-28-29)14-35-17-13-36-21-24(25,34-2)20(31)30(21)19(17)23(22(32)33,15-9-5-3-6-10-15)16-11-7-4-8-12-16/h3-12,21H,13-14,25H2,1-2H3,(H,32,33)/t21?,24-/m1/s1. The van der Waals surface area contributed by atoms with Gasteiger partial charge in [0.05, 0.1) is 11.4 Å². The van der Waals surface area contributed by atoms with E-state index in [0.717, 1.165) is 4.91 Å². The summed E-state index contributed by atoms with van der Waals surface area (Å²) in [5, 5.41) is 22.1. The van der Waals surface area contributed by atoms with Gasteiger partial charge in [-0.3, -0.25) is 20.2 Å². The summed E-state index contributed by atoms with van der Waals surface area (Å²) in [5.41, 5.74) is 4.57. The van der Waals surface area contributed by atoms with Gasteiger partial charge in [0.15, 0.2) is 11.2 Å². The molecule has 12 heteroatoms. The summed E-state index contributed by atoms with van der Waals surface area (Å²) in [6.07, 6.45) is 0. The molecule has 186 valence electrons. The molecule has 3 N–H and O–H groups in total. The number of methoxy groups -OCH3 is 1. The molecule has 2 atom stereocenters. The van der Waals surface area contributed by atoms with E-state index < -0.39 is 28.4 Å². The van der Waals surface area contributed by atoms with E-state index in [9.17, 15) is 14.7 Å². The van der Waals surface area contributed by atoms with Crippen LogP contribution in [0.25, 0.3) is 0 Å². The number of tetrazole rings is 1. The van der Waals surface area contributed by atoms with Gasteiger partial charge in [-0.05, 0) is 21.6 Å². The lowest BCUT2D eigenvalue weighted by Crippen LogP contribution is -2.79. The van der Waals surface area contributed by atoms with Gasteiger partial charge in [-0.15, -0.1) is 28.6 Å². The predicted molar refractivity (Wildman–Crippen MR) is 135 cm³/mol. The van der Waals surface area contributed by atoms with Gasteiger partial charge in [-0.1, -0.05) is 60.7 Å². The van der Waals surface area contributed by atoms with Crippen LogP contribution in [0, 0.1) is 0 Å². The summed E-state index contributed by atoms with van der Waals surface area (Å²) in [6.45, 7) is 0. The van der Waals surface area contributed by atoms with E-state index in [1.807, 2.05) is 12.1 Å². The number of nitrogens with zero attached hydrogens (tertiary/aromatic N) is 5. The first-order chi connectivity index (χ1) is 17.4. The summed E-state index contributed by atoms with van der Waals surface area (Å²) < 4.78 is 6.98. The minimum absolute atomic E-state index is 0.374. The van der Waals surface area contributed by atoms with Crippen molar-refractivity contribution >= 4 is 35.4 Å². The zero-order valence-electron chi connectivity index (χ0n) is 19.6. The zero-order chi connectivity index (χ0) is 25.5. The molecule has 0 saturated carbocycles. The highest BCUT2D eigenvalue weighted by Gasteiger charge is 2.66. The Bertz CT molecular complexity index is 1290. The molecule has 2 aliphatic rings. The molecule has 3 aromatic rings. The number of aliphatic carboxylic acids is 1. The molecule has 1 saturated heterocycles. The molecular formula is C24H24N6O4S2. The normalized spacial score (nSPS) is 21.8. The number of ether oxygens (including phenoxy) is 1. The highest BCUT2D eigenvalue weighted by atomic mass is 32.2. The van der Waals surface area contributed by atoms with Gasteiger partial charge in [0, 0.05) is 24.8 Å². The number of hydrogen-bond donors (Lipinski definition) is 2. The van der Waals surface area contributed by atoms with E-state index >= 15 is 0 Å². The number of rotatable bonds is 8. The second kappa shape index (κ2) is 9.36. The molecule has 0 aliphatic carbocycles. The first-order valence-corrected chi connectivity index (χ1v) is 13.1. The van der Waals surface area contributed by atoms with Gasteiger partial charge in [-0.25, -0.2) is 4.68 Å². The van der Waals surface area contributed by atoms with Crippen molar-refractivity contribution in [1.29, 1.82) is 0 Å². The molecule has 1 unspecified atom stereocenters. The Hall–Kier alpha value is -3.19. The van der Waals surface area contributed by atoms with Crippen molar-refractivity contribution in [2.24, 2.45) is 12.8 Å². The largest absolute Gasteiger partial charge is 0.480 e. The van der Waals surface area contributed by atoms with Gasteiger partial charge in [-0.2, -0.15) is 0 Å². The van der Waals surface area contributed by atoms with Gasteiger partial charge in [0.25, 0.3) is 5.91 Å². The number of carbonyl (C=O) groups excluding carboxylic acids is 1. The Kier molecular flexibility index (Phi) is 6.37. The van der Waals surface area contributed by atoms with Gasteiger partial charge in [0.1, 0.15) is 5.37 Å². The zero-order valence-corrected chi connectivity index (χ0v) is 21.2. The fourth-order valence-corrected chi connectivity index (χ4v) is 7.39. The van der Waals surface area contributed by atoms with Crippen molar-refractivity contribution in [3.05, 3.63) is 88.2 Å². The summed E-state index contributed by atoms with van der Waals surface area (Å²) in [7, 11) is 3.13. The Morgan fingerprint density at radius 1 is 1.22 bits per heavy atom. The number of aryl methyl sites for hydroxylation is 1. The summed E-state index contributed by atoms with van der Waals surface area (Å²) in [5.74, 6) is -0.116. The monoisotopic (exact) mass is 524 g/mol. The van der Waals surface area contributed by atoms with Crippen molar-refractivity contribution in [2.75, 3.05) is 12.9 Å². The number of nitrogens with two attached hydrogens (primary N) is 1. The van der Waals surface area contributed by atoms with E-state index in [-0.39, 0.29) is 0 Å². The third-order valence-electron chi connectivity index (χ3n) is 6.54. The third kappa shape index (κ3) is 3.55. The Morgan fingerprint density at radius 3 is 2.33 bits per heavy atom. The quantitative estimate of drug-likeness (QED) is 0.332. The van der Waals surface area contributed by atoms with Crippen LogP contribution >= 0.6 is 23.5 Å². The number of aromatic nitrogens is 4. The second-order valence-electron chi connectivity index (χ2n) is 8.40. The van der Waals surface area contributed by atoms with Gasteiger partial charge >= 0.3 is 5.97 Å². The maximum atomic E-state index is 13.5. The number of β-lactam (4-membered cyclic amide) rings is 1. The van der Waals surface area contributed by atoms with Crippen molar-refractivity contribution in [2.45, 2.75) is 22.3 Å². The number of carboxylic acid groups (broad SMARTS) is 1. The molecule has 2 aliphatic heterocycles. The second-order valence-corrected chi connectivity index (χ2v) is 10.5. The number of amides is 1. The molecule has 1 aromatic heterocycles. The number of benzene rings is 2. The predicted octanol–water partition coefficient (Wildman–Crippen LogP) is 1.94. The van der Waals surface area contributed by atoms with E-state index in [1.54, 1.807) is 60.3 Å². The Morgan fingerprint density at radius 2 is 1.83 bits per heavy atom. The van der Waals surface area contributed by atoms with Crippen LogP contribution in [0.2, 0.25) is 0 Å². The van der Waals surface area contributed by atoms with Crippen LogP contribution in [0.5, 0.6) is 0 Å². The van der Waals surface area contributed by atoms with Crippen LogP contribution in [-0.2, 0) is 32.5 Å². The lowest BCUT2D eigenvalue weighted by atomic mass is 9.70. The molecule has 1 fully saturated rings.